The summed E-state index contributed by atoms with van der Waals surface area (Å²) in [6.45, 7) is 3.36. The number of hydrogen-bond acceptors (Lipinski definition) is 4. The van der Waals surface area contributed by atoms with E-state index in [1.54, 1.807) is 26.0 Å². The zero-order chi connectivity index (χ0) is 11.3. The lowest BCUT2D eigenvalue weighted by Crippen LogP contribution is -2.20. The van der Waals surface area contributed by atoms with Crippen molar-refractivity contribution in [2.45, 2.75) is 20.3 Å². The summed E-state index contributed by atoms with van der Waals surface area (Å²) in [7, 11) is 0. The minimum absolute atomic E-state index is 0.278. The second kappa shape index (κ2) is 4.96. The first-order valence-electron chi connectivity index (χ1n) is 4.51. The standard InChI is InChI=1S/C10H11N3O2/c1-3-10(14)15-13-9(4-5-12-13)6-8(2)7-11/h4-6H,3H2,1-2H3. The van der Waals surface area contributed by atoms with Crippen LogP contribution in [0.3, 0.4) is 0 Å². The molecule has 0 radical (unpaired) electrons. The Bertz CT molecular complexity index is 426. The van der Waals surface area contributed by atoms with Crippen LogP contribution >= 0.6 is 0 Å². The van der Waals surface area contributed by atoms with Crippen molar-refractivity contribution in [3.8, 4) is 6.07 Å². The average Bonchev–Trinajstić information content (AvgIpc) is 2.65. The molecule has 15 heavy (non-hydrogen) atoms. The van der Waals surface area contributed by atoms with Gasteiger partial charge in [-0.1, -0.05) is 11.8 Å². The van der Waals surface area contributed by atoms with E-state index in [0.29, 0.717) is 11.3 Å². The van der Waals surface area contributed by atoms with Gasteiger partial charge in [-0.3, -0.25) is 0 Å². The fourth-order valence-electron chi connectivity index (χ4n) is 0.895. The average molecular weight is 205 g/mol. The van der Waals surface area contributed by atoms with Crippen LogP contribution in [0.2, 0.25) is 0 Å². The van der Waals surface area contributed by atoms with Gasteiger partial charge in [0.05, 0.1) is 12.3 Å². The van der Waals surface area contributed by atoms with Gasteiger partial charge < -0.3 is 4.84 Å². The molecule has 0 aliphatic heterocycles. The summed E-state index contributed by atoms with van der Waals surface area (Å²) in [5, 5.41) is 12.4. The lowest BCUT2D eigenvalue weighted by atomic mass is 10.3. The van der Waals surface area contributed by atoms with E-state index in [0.717, 1.165) is 4.85 Å². The van der Waals surface area contributed by atoms with E-state index in [2.05, 4.69) is 5.10 Å². The highest BCUT2D eigenvalue weighted by molar-refractivity contribution is 5.69. The van der Waals surface area contributed by atoms with Gasteiger partial charge in [-0.05, 0) is 19.1 Å². The summed E-state index contributed by atoms with van der Waals surface area (Å²) < 4.78 is 0. The molecular formula is C10H11N3O2. The molecule has 0 fully saturated rings. The molecule has 78 valence electrons. The molecule has 0 N–H and O–H groups in total. The molecule has 0 unspecified atom stereocenters. The van der Waals surface area contributed by atoms with Gasteiger partial charge in [0, 0.05) is 12.0 Å². The van der Waals surface area contributed by atoms with E-state index >= 15 is 0 Å². The number of rotatable bonds is 3. The zero-order valence-electron chi connectivity index (χ0n) is 8.60. The lowest BCUT2D eigenvalue weighted by molar-refractivity contribution is -0.145. The molecule has 0 spiro atoms. The van der Waals surface area contributed by atoms with Gasteiger partial charge in [0.1, 0.15) is 5.69 Å². The second-order valence-electron chi connectivity index (χ2n) is 2.89. The van der Waals surface area contributed by atoms with Crippen LogP contribution in [0.5, 0.6) is 0 Å². The van der Waals surface area contributed by atoms with Crippen molar-refractivity contribution < 1.29 is 9.63 Å². The van der Waals surface area contributed by atoms with Crippen molar-refractivity contribution in [3.05, 3.63) is 23.5 Å². The number of carbonyl (C=O) groups excluding carboxylic acids is 1. The summed E-state index contributed by atoms with van der Waals surface area (Å²) in [6, 6.07) is 3.63. The molecule has 1 aromatic rings. The number of nitriles is 1. The van der Waals surface area contributed by atoms with Gasteiger partial charge in [-0.15, -0.1) is 5.10 Å². The third kappa shape index (κ3) is 2.95. The van der Waals surface area contributed by atoms with Crippen LogP contribution in [0.4, 0.5) is 0 Å². The largest absolute Gasteiger partial charge is 0.334 e. The monoisotopic (exact) mass is 205 g/mol. The number of carbonyl (C=O) groups is 1. The first-order valence-corrected chi connectivity index (χ1v) is 4.51. The molecule has 0 atom stereocenters. The molecule has 0 aliphatic carbocycles. The molecule has 0 saturated heterocycles. The van der Waals surface area contributed by atoms with Crippen molar-refractivity contribution in [3.63, 3.8) is 0 Å². The fraction of sp³-hybridized carbons (Fsp3) is 0.300. The zero-order valence-corrected chi connectivity index (χ0v) is 8.60. The Morgan fingerprint density at radius 2 is 2.53 bits per heavy atom. The summed E-state index contributed by atoms with van der Waals surface area (Å²) in [5.74, 6) is -0.372. The maximum atomic E-state index is 11.0. The predicted octanol–water partition coefficient (Wildman–Crippen LogP) is 1.18. The summed E-state index contributed by atoms with van der Waals surface area (Å²) in [6.07, 6.45) is 3.37. The van der Waals surface area contributed by atoms with Crippen LogP contribution in [-0.4, -0.2) is 15.9 Å². The number of hydrogen-bond donors (Lipinski definition) is 0. The van der Waals surface area contributed by atoms with Crippen molar-refractivity contribution in [2.24, 2.45) is 0 Å². The maximum absolute atomic E-state index is 11.0. The Morgan fingerprint density at radius 3 is 3.13 bits per heavy atom. The van der Waals surface area contributed by atoms with Crippen molar-refractivity contribution in [1.29, 1.82) is 5.26 Å². The Hall–Kier alpha value is -2.09. The maximum Gasteiger partial charge on any atom is 0.334 e. The molecule has 1 aromatic heterocycles. The van der Waals surface area contributed by atoms with E-state index in [9.17, 15) is 4.79 Å². The molecular weight excluding hydrogens is 194 g/mol. The van der Waals surface area contributed by atoms with Crippen LogP contribution in [0.25, 0.3) is 6.08 Å². The van der Waals surface area contributed by atoms with Gasteiger partial charge in [-0.25, -0.2) is 4.79 Å². The first-order chi connectivity index (χ1) is 7.17. The molecule has 5 heteroatoms. The van der Waals surface area contributed by atoms with Crippen LogP contribution in [-0.2, 0) is 4.79 Å². The van der Waals surface area contributed by atoms with E-state index < -0.39 is 0 Å². The van der Waals surface area contributed by atoms with Crippen molar-refractivity contribution in [1.82, 2.24) is 9.94 Å². The Labute approximate surface area is 87.5 Å². The molecule has 0 saturated carbocycles. The first kappa shape index (κ1) is 11.0. The highest BCUT2D eigenvalue weighted by Gasteiger charge is 2.05. The van der Waals surface area contributed by atoms with Crippen molar-refractivity contribution >= 4 is 12.0 Å². The summed E-state index contributed by atoms with van der Waals surface area (Å²) in [4.78, 5) is 17.0. The van der Waals surface area contributed by atoms with E-state index in [1.807, 2.05) is 6.07 Å². The van der Waals surface area contributed by atoms with Gasteiger partial charge >= 0.3 is 5.97 Å². The smallest absolute Gasteiger partial charge is 0.319 e. The minimum atomic E-state index is -0.372. The number of aromatic nitrogens is 2. The quantitative estimate of drug-likeness (QED) is 0.695. The Morgan fingerprint density at radius 1 is 1.80 bits per heavy atom. The Kier molecular flexibility index (Phi) is 3.63. The second-order valence-corrected chi connectivity index (χ2v) is 2.89. The number of allylic oxidation sites excluding steroid dienone is 1. The normalized spacial score (nSPS) is 10.9. The predicted molar refractivity (Wildman–Crippen MR) is 53.4 cm³/mol. The molecule has 0 bridgehead atoms. The highest BCUT2D eigenvalue weighted by Crippen LogP contribution is 2.04. The van der Waals surface area contributed by atoms with Gasteiger partial charge in [-0.2, -0.15) is 5.26 Å². The molecule has 0 aromatic carbocycles. The van der Waals surface area contributed by atoms with Crippen LogP contribution in [0, 0.1) is 11.3 Å². The third-order valence-electron chi connectivity index (χ3n) is 1.66. The molecule has 0 aliphatic rings. The molecule has 5 nitrogen and oxygen atoms in total. The molecule has 1 heterocycles. The van der Waals surface area contributed by atoms with Crippen LogP contribution < -0.4 is 4.84 Å². The molecule has 1 rings (SSSR count). The fourth-order valence-corrected chi connectivity index (χ4v) is 0.895. The van der Waals surface area contributed by atoms with E-state index in [-0.39, 0.29) is 12.4 Å². The third-order valence-corrected chi connectivity index (χ3v) is 1.66. The van der Waals surface area contributed by atoms with Crippen LogP contribution in [0.1, 0.15) is 26.0 Å². The van der Waals surface area contributed by atoms with E-state index in [4.69, 9.17) is 10.1 Å². The number of nitrogens with zero attached hydrogens (tertiary/aromatic N) is 3. The molecule has 0 amide bonds. The Balaban J connectivity index is 2.88. The van der Waals surface area contributed by atoms with Gasteiger partial charge in [0.15, 0.2) is 0 Å². The van der Waals surface area contributed by atoms with Gasteiger partial charge in [0.25, 0.3) is 0 Å². The van der Waals surface area contributed by atoms with E-state index in [1.165, 1.54) is 6.20 Å². The van der Waals surface area contributed by atoms with Crippen molar-refractivity contribution in [2.75, 3.05) is 0 Å². The highest BCUT2D eigenvalue weighted by atomic mass is 16.7. The SMILES string of the molecule is CCC(=O)On1nccc1C=C(C)C#N. The van der Waals surface area contributed by atoms with Crippen LogP contribution in [0.15, 0.2) is 17.8 Å². The van der Waals surface area contributed by atoms with Gasteiger partial charge in [0.2, 0.25) is 0 Å². The summed E-state index contributed by atoms with van der Waals surface area (Å²) >= 11 is 0. The lowest BCUT2D eigenvalue weighted by Gasteiger charge is -2.02. The summed E-state index contributed by atoms with van der Waals surface area (Å²) in [5.41, 5.74) is 1.08. The topological polar surface area (TPSA) is 67.9 Å². The minimum Gasteiger partial charge on any atom is -0.319 e.